The summed E-state index contributed by atoms with van der Waals surface area (Å²) in [5.74, 6) is -1.52. The molecule has 32 heavy (non-hydrogen) atoms. The number of hydrogen-bond acceptors (Lipinski definition) is 6. The van der Waals surface area contributed by atoms with Gasteiger partial charge < -0.3 is 19.7 Å². The van der Waals surface area contributed by atoms with Crippen LogP contribution in [0.5, 0.6) is 11.5 Å². The second-order valence-corrected chi connectivity index (χ2v) is 8.14. The highest BCUT2D eigenvalue weighted by Crippen LogP contribution is 2.21. The molecule has 0 aliphatic heterocycles. The third-order valence-corrected chi connectivity index (χ3v) is 5.64. The second-order valence-electron chi connectivity index (χ2n) is 6.46. The fourth-order valence-electron chi connectivity index (χ4n) is 2.69. The van der Waals surface area contributed by atoms with E-state index < -0.39 is 22.0 Å². The van der Waals surface area contributed by atoms with Crippen LogP contribution < -0.4 is 14.2 Å². The number of benzene rings is 3. The average Bonchev–Trinajstić information content (AvgIpc) is 2.78. The number of para-hydroxylation sites is 1. The highest BCUT2D eigenvalue weighted by molar-refractivity contribution is 7.92. The van der Waals surface area contributed by atoms with Gasteiger partial charge in [-0.25, -0.2) is 18.0 Å². The summed E-state index contributed by atoms with van der Waals surface area (Å²) in [6.45, 7) is 0.264. The van der Waals surface area contributed by atoms with E-state index in [4.69, 9.17) is 19.7 Å². The number of hydrogen-bond donors (Lipinski definition) is 3. The van der Waals surface area contributed by atoms with Crippen molar-refractivity contribution in [1.29, 1.82) is 0 Å². The van der Waals surface area contributed by atoms with Gasteiger partial charge >= 0.3 is 11.9 Å². The lowest BCUT2D eigenvalue weighted by atomic mass is 10.2. The smallest absolute Gasteiger partial charge is 0.339 e. The van der Waals surface area contributed by atoms with E-state index in [-0.39, 0.29) is 35.0 Å². The van der Waals surface area contributed by atoms with Crippen LogP contribution in [0.1, 0.15) is 20.7 Å². The maximum Gasteiger partial charge on any atom is 0.339 e. The van der Waals surface area contributed by atoms with Gasteiger partial charge in [0.15, 0.2) is 0 Å². The predicted molar refractivity (Wildman–Crippen MR) is 115 cm³/mol. The molecule has 0 spiro atoms. The molecule has 3 aromatic carbocycles. The third-order valence-electron chi connectivity index (χ3n) is 4.25. The number of anilines is 1. The van der Waals surface area contributed by atoms with E-state index in [1.165, 1.54) is 42.5 Å². The van der Waals surface area contributed by atoms with E-state index in [1.54, 1.807) is 30.3 Å². The van der Waals surface area contributed by atoms with Gasteiger partial charge in [0.2, 0.25) is 0 Å². The predicted octanol–water partition coefficient (Wildman–Crippen LogP) is 3.34. The van der Waals surface area contributed by atoms with Crippen molar-refractivity contribution in [2.45, 2.75) is 4.90 Å². The van der Waals surface area contributed by atoms with Crippen LogP contribution in [-0.2, 0) is 10.0 Å². The van der Waals surface area contributed by atoms with Crippen molar-refractivity contribution in [3.05, 3.63) is 83.9 Å². The summed E-state index contributed by atoms with van der Waals surface area (Å²) in [7, 11) is -3.88. The third kappa shape index (κ3) is 5.76. The second kappa shape index (κ2) is 9.84. The molecule has 3 N–H and O–H groups in total. The van der Waals surface area contributed by atoms with E-state index in [1.807, 2.05) is 0 Å². The van der Waals surface area contributed by atoms with Crippen LogP contribution in [0.4, 0.5) is 5.69 Å². The fraction of sp³-hybridized carbons (Fsp3) is 0.0909. The highest BCUT2D eigenvalue weighted by Gasteiger charge is 2.15. The Bertz CT molecular complexity index is 1210. The molecule has 0 radical (unpaired) electrons. The number of carboxylic acid groups (broad SMARTS) is 2. The number of ether oxygens (including phenoxy) is 2. The van der Waals surface area contributed by atoms with Crippen molar-refractivity contribution < 1.29 is 37.7 Å². The summed E-state index contributed by atoms with van der Waals surface area (Å²) >= 11 is 0. The first kappa shape index (κ1) is 22.6. The Kier molecular flexibility index (Phi) is 6.96. The number of aromatic carboxylic acids is 2. The van der Waals surface area contributed by atoms with Gasteiger partial charge in [0.1, 0.15) is 30.3 Å². The molecular formula is C22H19NO8S. The average molecular weight is 457 g/mol. The molecule has 9 nitrogen and oxygen atoms in total. The van der Waals surface area contributed by atoms with Gasteiger partial charge in [-0.1, -0.05) is 12.1 Å². The Balaban J connectivity index is 1.54. The Morgan fingerprint density at radius 2 is 1.41 bits per heavy atom. The van der Waals surface area contributed by atoms with Gasteiger partial charge in [0.25, 0.3) is 10.0 Å². The molecular weight excluding hydrogens is 438 g/mol. The fourth-order valence-corrected chi connectivity index (χ4v) is 3.75. The van der Waals surface area contributed by atoms with Crippen LogP contribution in [0.3, 0.4) is 0 Å². The maximum absolute atomic E-state index is 12.4. The molecule has 0 fully saturated rings. The molecule has 0 aliphatic rings. The molecule has 0 heterocycles. The summed E-state index contributed by atoms with van der Waals surface area (Å²) < 4.78 is 38.3. The molecule has 10 heteroatoms. The zero-order chi connectivity index (χ0) is 23.1. The van der Waals surface area contributed by atoms with Crippen molar-refractivity contribution in [2.75, 3.05) is 17.9 Å². The summed E-state index contributed by atoms with van der Waals surface area (Å²) in [6, 6.07) is 17.3. The number of carbonyl (C=O) groups is 2. The summed E-state index contributed by atoms with van der Waals surface area (Å²) in [5.41, 5.74) is 0.342. The van der Waals surface area contributed by atoms with Gasteiger partial charge in [0, 0.05) is 5.69 Å². The van der Waals surface area contributed by atoms with Crippen LogP contribution >= 0.6 is 0 Å². The number of carboxylic acids is 2. The molecule has 0 saturated carbocycles. The van der Waals surface area contributed by atoms with Crippen LogP contribution in [0.2, 0.25) is 0 Å². The monoisotopic (exact) mass is 457 g/mol. The number of sulfonamides is 1. The van der Waals surface area contributed by atoms with Gasteiger partial charge in [-0.05, 0) is 60.7 Å². The molecule has 0 unspecified atom stereocenters. The van der Waals surface area contributed by atoms with Gasteiger partial charge in [0.05, 0.1) is 10.5 Å². The lowest BCUT2D eigenvalue weighted by molar-refractivity contribution is 0.0682. The van der Waals surface area contributed by atoms with Crippen LogP contribution in [0.25, 0.3) is 0 Å². The Labute approximate surface area is 183 Å². The Morgan fingerprint density at radius 3 is 2.03 bits per heavy atom. The molecule has 3 rings (SSSR count). The standard InChI is InChI=1S/C22H19NO8S/c24-21(25)15-5-11-18(12-6-15)32(28,29)23-16-7-9-17(10-8-16)30-13-14-31-20-4-2-1-3-19(20)22(26)27/h1-12,23H,13-14H2,(H,24,25)(H,26,27). The Hall–Kier alpha value is -4.05. The molecule has 0 bridgehead atoms. The van der Waals surface area contributed by atoms with Crippen molar-refractivity contribution >= 4 is 27.6 Å². The molecule has 0 aromatic heterocycles. The first-order valence-corrected chi connectivity index (χ1v) is 10.8. The van der Waals surface area contributed by atoms with E-state index in [2.05, 4.69) is 4.72 Å². The van der Waals surface area contributed by atoms with E-state index >= 15 is 0 Å². The van der Waals surface area contributed by atoms with Crippen LogP contribution in [0.15, 0.2) is 77.7 Å². The molecule has 0 amide bonds. The van der Waals surface area contributed by atoms with E-state index in [0.29, 0.717) is 11.4 Å². The molecule has 0 aliphatic carbocycles. The zero-order valence-corrected chi connectivity index (χ0v) is 17.4. The lowest BCUT2D eigenvalue weighted by Crippen LogP contribution is -2.13. The lowest BCUT2D eigenvalue weighted by Gasteiger charge is -2.11. The minimum Gasteiger partial charge on any atom is -0.490 e. The number of rotatable bonds is 10. The van der Waals surface area contributed by atoms with Crippen LogP contribution in [-0.4, -0.2) is 43.8 Å². The Morgan fingerprint density at radius 1 is 0.781 bits per heavy atom. The largest absolute Gasteiger partial charge is 0.490 e. The SMILES string of the molecule is O=C(O)c1ccc(S(=O)(=O)Nc2ccc(OCCOc3ccccc3C(=O)O)cc2)cc1. The molecule has 0 atom stereocenters. The first-order chi connectivity index (χ1) is 15.3. The zero-order valence-electron chi connectivity index (χ0n) is 16.6. The number of nitrogens with one attached hydrogen (secondary N) is 1. The topological polar surface area (TPSA) is 139 Å². The van der Waals surface area contributed by atoms with Gasteiger partial charge in [-0.2, -0.15) is 0 Å². The first-order valence-electron chi connectivity index (χ1n) is 9.30. The van der Waals surface area contributed by atoms with Gasteiger partial charge in [-0.3, -0.25) is 4.72 Å². The quantitative estimate of drug-likeness (QED) is 0.394. The van der Waals surface area contributed by atoms with Crippen molar-refractivity contribution in [2.24, 2.45) is 0 Å². The van der Waals surface area contributed by atoms with E-state index in [0.717, 1.165) is 0 Å². The normalized spacial score (nSPS) is 10.9. The van der Waals surface area contributed by atoms with E-state index in [9.17, 15) is 18.0 Å². The van der Waals surface area contributed by atoms with Gasteiger partial charge in [-0.15, -0.1) is 0 Å². The van der Waals surface area contributed by atoms with Crippen molar-refractivity contribution in [3.63, 3.8) is 0 Å². The van der Waals surface area contributed by atoms with Crippen LogP contribution in [0, 0.1) is 0 Å². The molecule has 166 valence electrons. The summed E-state index contributed by atoms with van der Waals surface area (Å²) in [4.78, 5) is 22.0. The summed E-state index contributed by atoms with van der Waals surface area (Å²) in [5, 5.41) is 18.0. The maximum atomic E-state index is 12.4. The minimum absolute atomic E-state index is 0.0131. The van der Waals surface area contributed by atoms with Crippen molar-refractivity contribution in [1.82, 2.24) is 0 Å². The molecule has 0 saturated heterocycles. The highest BCUT2D eigenvalue weighted by atomic mass is 32.2. The van der Waals surface area contributed by atoms with Crippen molar-refractivity contribution in [3.8, 4) is 11.5 Å². The minimum atomic E-state index is -3.88. The molecule has 3 aromatic rings. The summed E-state index contributed by atoms with van der Waals surface area (Å²) in [6.07, 6.45) is 0.